The number of fused-ring (bicyclic) bond motifs is 1. The maximum absolute atomic E-state index is 13.5. The third-order valence-electron chi connectivity index (χ3n) is 5.83. The highest BCUT2D eigenvalue weighted by atomic mass is 19.1. The van der Waals surface area contributed by atoms with Crippen molar-refractivity contribution < 1.29 is 18.5 Å². The minimum atomic E-state index is -0.361. The molecule has 5 rings (SSSR count). The maximum Gasteiger partial charge on any atom is 0.289 e. The van der Waals surface area contributed by atoms with Gasteiger partial charge in [0.1, 0.15) is 12.4 Å². The summed E-state index contributed by atoms with van der Waals surface area (Å²) in [5.74, 6) is 0.483. The highest BCUT2D eigenvalue weighted by Gasteiger charge is 2.27. The molecule has 0 saturated carbocycles. The van der Waals surface area contributed by atoms with Gasteiger partial charge in [-0.3, -0.25) is 14.2 Å². The summed E-state index contributed by atoms with van der Waals surface area (Å²) in [6.45, 7) is 3.13. The molecule has 1 aliphatic rings. The van der Waals surface area contributed by atoms with Gasteiger partial charge in [0.25, 0.3) is 11.5 Å². The van der Waals surface area contributed by atoms with Crippen LogP contribution in [0.3, 0.4) is 0 Å². The number of halogens is 1. The molecule has 8 heteroatoms. The Bertz CT molecular complexity index is 1310. The van der Waals surface area contributed by atoms with Gasteiger partial charge in [-0.1, -0.05) is 12.1 Å². The zero-order valence-corrected chi connectivity index (χ0v) is 17.3. The molecule has 2 aromatic carbocycles. The molecule has 0 spiro atoms. The highest BCUT2D eigenvalue weighted by molar-refractivity contribution is 5.91. The zero-order valence-electron chi connectivity index (χ0n) is 17.3. The second-order valence-electron chi connectivity index (χ2n) is 7.86. The van der Waals surface area contributed by atoms with Crippen LogP contribution in [-0.4, -0.2) is 46.5 Å². The standard InChI is InChI=1S/C24H21FN4O3/c25-17-7-9-18(10-8-17)29-22(26-20-5-2-1-4-19(20)23(29)30)16-27-11-13-28(14-12-27)24(31)21-6-3-15-32-21/h1-10,15H,11-14,16H2/p+1. The zero-order chi connectivity index (χ0) is 22.1. The number of benzene rings is 2. The Morgan fingerprint density at radius 3 is 2.50 bits per heavy atom. The normalized spacial score (nSPS) is 14.7. The van der Waals surface area contributed by atoms with Crippen LogP contribution < -0.4 is 10.5 Å². The monoisotopic (exact) mass is 433 g/mol. The van der Waals surface area contributed by atoms with Gasteiger partial charge in [0.05, 0.1) is 49.0 Å². The summed E-state index contributed by atoms with van der Waals surface area (Å²) in [5.41, 5.74) is 1.04. The van der Waals surface area contributed by atoms with Gasteiger partial charge < -0.3 is 14.2 Å². The van der Waals surface area contributed by atoms with E-state index in [-0.39, 0.29) is 17.3 Å². The fourth-order valence-electron chi connectivity index (χ4n) is 4.14. The maximum atomic E-state index is 13.5. The van der Waals surface area contributed by atoms with E-state index in [2.05, 4.69) is 0 Å². The number of aromatic nitrogens is 2. The molecule has 0 bridgehead atoms. The Kier molecular flexibility index (Phi) is 5.28. The van der Waals surface area contributed by atoms with Crippen molar-refractivity contribution in [2.24, 2.45) is 0 Å². The number of carbonyl (C=O) groups is 1. The fourth-order valence-corrected chi connectivity index (χ4v) is 4.14. The number of piperazine rings is 1. The van der Waals surface area contributed by atoms with Crippen LogP contribution in [0.5, 0.6) is 0 Å². The lowest BCUT2D eigenvalue weighted by Gasteiger charge is -2.32. The highest BCUT2D eigenvalue weighted by Crippen LogP contribution is 2.14. The number of hydrogen-bond acceptors (Lipinski definition) is 4. The summed E-state index contributed by atoms with van der Waals surface area (Å²) in [6.07, 6.45) is 1.49. The van der Waals surface area contributed by atoms with Gasteiger partial charge in [0, 0.05) is 0 Å². The van der Waals surface area contributed by atoms with E-state index < -0.39 is 0 Å². The van der Waals surface area contributed by atoms with Gasteiger partial charge >= 0.3 is 0 Å². The van der Waals surface area contributed by atoms with Gasteiger partial charge in [-0.05, 0) is 48.5 Å². The number of nitrogens with one attached hydrogen (secondary N) is 1. The van der Waals surface area contributed by atoms with Crippen molar-refractivity contribution >= 4 is 16.8 Å². The molecule has 1 N–H and O–H groups in total. The van der Waals surface area contributed by atoms with Crippen molar-refractivity contribution in [2.75, 3.05) is 26.2 Å². The van der Waals surface area contributed by atoms with Crippen LogP contribution in [0, 0.1) is 5.82 Å². The van der Waals surface area contributed by atoms with E-state index in [0.29, 0.717) is 47.8 Å². The lowest BCUT2D eigenvalue weighted by Crippen LogP contribution is -3.13. The van der Waals surface area contributed by atoms with Gasteiger partial charge in [0.15, 0.2) is 11.6 Å². The van der Waals surface area contributed by atoms with E-state index in [4.69, 9.17) is 9.40 Å². The Hall–Kier alpha value is -3.78. The molecule has 3 heterocycles. The summed E-state index contributed by atoms with van der Waals surface area (Å²) in [5, 5.41) is 0.518. The number of rotatable bonds is 4. The van der Waals surface area contributed by atoms with Crippen LogP contribution in [-0.2, 0) is 6.54 Å². The van der Waals surface area contributed by atoms with Crippen LogP contribution in [0.15, 0.2) is 76.1 Å². The Morgan fingerprint density at radius 2 is 1.78 bits per heavy atom. The van der Waals surface area contributed by atoms with Crippen molar-refractivity contribution in [1.82, 2.24) is 14.5 Å². The Balaban J connectivity index is 1.43. The second kappa shape index (κ2) is 8.39. The molecule has 0 radical (unpaired) electrons. The largest absolute Gasteiger partial charge is 0.459 e. The number of furan rings is 1. The lowest BCUT2D eigenvalue weighted by molar-refractivity contribution is -0.918. The third kappa shape index (κ3) is 3.80. The van der Waals surface area contributed by atoms with Gasteiger partial charge in [-0.2, -0.15) is 0 Å². The fraction of sp³-hybridized carbons (Fsp3) is 0.208. The average Bonchev–Trinajstić information content (AvgIpc) is 3.35. The second-order valence-corrected chi connectivity index (χ2v) is 7.86. The summed E-state index contributed by atoms with van der Waals surface area (Å²) in [7, 11) is 0. The summed E-state index contributed by atoms with van der Waals surface area (Å²) < 4.78 is 20.3. The molecule has 1 saturated heterocycles. The van der Waals surface area contributed by atoms with E-state index in [1.807, 2.05) is 12.1 Å². The Labute approximate surface area is 183 Å². The lowest BCUT2D eigenvalue weighted by atomic mass is 10.2. The molecule has 1 aliphatic heterocycles. The van der Waals surface area contributed by atoms with Crippen molar-refractivity contribution in [1.29, 1.82) is 0 Å². The summed E-state index contributed by atoms with van der Waals surface area (Å²) in [4.78, 5) is 33.6. The molecular formula is C24H22FN4O3+. The summed E-state index contributed by atoms with van der Waals surface area (Å²) in [6, 6.07) is 16.5. The molecule has 1 amide bonds. The first-order valence-corrected chi connectivity index (χ1v) is 10.5. The van der Waals surface area contributed by atoms with E-state index in [1.165, 1.54) is 23.3 Å². The Morgan fingerprint density at radius 1 is 1.03 bits per heavy atom. The molecule has 0 aliphatic carbocycles. The SMILES string of the molecule is O=C(c1ccco1)N1CC[NH+](Cc2nc3ccccc3c(=O)n2-c2ccc(F)cc2)CC1. The molecule has 2 aromatic heterocycles. The topological polar surface area (TPSA) is 72.8 Å². The average molecular weight is 433 g/mol. The van der Waals surface area contributed by atoms with Crippen molar-refractivity contribution in [3.05, 3.63) is 94.7 Å². The molecule has 4 aromatic rings. The number of amides is 1. The molecular weight excluding hydrogens is 411 g/mol. The van der Waals surface area contributed by atoms with Crippen LogP contribution in [0.4, 0.5) is 4.39 Å². The molecule has 1 fully saturated rings. The minimum Gasteiger partial charge on any atom is -0.459 e. The van der Waals surface area contributed by atoms with Gasteiger partial charge in [-0.15, -0.1) is 0 Å². The van der Waals surface area contributed by atoms with E-state index in [0.717, 1.165) is 13.1 Å². The molecule has 0 unspecified atom stereocenters. The van der Waals surface area contributed by atoms with Crippen LogP contribution in [0.1, 0.15) is 16.4 Å². The smallest absolute Gasteiger partial charge is 0.289 e. The number of hydrogen-bond donors (Lipinski definition) is 1. The van der Waals surface area contributed by atoms with Crippen molar-refractivity contribution in [3.8, 4) is 5.69 Å². The number of nitrogens with zero attached hydrogens (tertiary/aromatic N) is 3. The molecule has 32 heavy (non-hydrogen) atoms. The quantitative estimate of drug-likeness (QED) is 0.531. The third-order valence-corrected chi connectivity index (χ3v) is 5.83. The predicted octanol–water partition coefficient (Wildman–Crippen LogP) is 1.66. The molecule has 162 valence electrons. The predicted molar refractivity (Wildman–Crippen MR) is 116 cm³/mol. The van der Waals surface area contributed by atoms with E-state index in [1.54, 1.807) is 45.9 Å². The first-order valence-electron chi connectivity index (χ1n) is 10.5. The first-order chi connectivity index (χ1) is 15.6. The summed E-state index contributed by atoms with van der Waals surface area (Å²) >= 11 is 0. The minimum absolute atomic E-state index is 0.110. The van der Waals surface area contributed by atoms with E-state index in [9.17, 15) is 14.0 Å². The first kappa shape index (κ1) is 20.1. The van der Waals surface area contributed by atoms with E-state index >= 15 is 0 Å². The van der Waals surface area contributed by atoms with Crippen molar-refractivity contribution in [3.63, 3.8) is 0 Å². The van der Waals surface area contributed by atoms with Crippen molar-refractivity contribution in [2.45, 2.75) is 6.54 Å². The number of quaternary nitrogens is 1. The molecule has 7 nitrogen and oxygen atoms in total. The van der Waals surface area contributed by atoms with Crippen LogP contribution >= 0.6 is 0 Å². The number of carbonyl (C=O) groups excluding carboxylic acids is 1. The number of para-hydroxylation sites is 1. The van der Waals surface area contributed by atoms with Crippen LogP contribution in [0.2, 0.25) is 0 Å². The molecule has 0 atom stereocenters. The van der Waals surface area contributed by atoms with Gasteiger partial charge in [-0.25, -0.2) is 9.37 Å². The van der Waals surface area contributed by atoms with Gasteiger partial charge in [0.2, 0.25) is 0 Å². The van der Waals surface area contributed by atoms with Crippen LogP contribution in [0.25, 0.3) is 16.6 Å².